The van der Waals surface area contributed by atoms with Crippen LogP contribution >= 0.6 is 11.8 Å². The lowest BCUT2D eigenvalue weighted by Gasteiger charge is -2.38. The normalized spacial score (nSPS) is 18.5. The molecule has 3 aromatic rings. The van der Waals surface area contributed by atoms with Crippen molar-refractivity contribution in [3.05, 3.63) is 83.9 Å². The van der Waals surface area contributed by atoms with Gasteiger partial charge in [0.15, 0.2) is 0 Å². The van der Waals surface area contributed by atoms with Crippen molar-refractivity contribution in [3.8, 4) is 0 Å². The van der Waals surface area contributed by atoms with Crippen molar-refractivity contribution in [2.45, 2.75) is 11.1 Å². The van der Waals surface area contributed by atoms with Crippen LogP contribution in [0.15, 0.2) is 77.7 Å². The number of benzene rings is 3. The minimum absolute atomic E-state index is 0.00687. The van der Waals surface area contributed by atoms with E-state index in [1.54, 1.807) is 11.8 Å². The summed E-state index contributed by atoms with van der Waals surface area (Å²) in [5.41, 5.74) is 4.65. The fraction of sp³-hybridized carbons (Fsp3) is 0.240. The molecule has 0 spiro atoms. The molecule has 1 fully saturated rings. The number of carbonyl (C=O) groups is 1. The number of anilines is 3. The number of para-hydroxylation sites is 1. The van der Waals surface area contributed by atoms with Crippen LogP contribution in [0.3, 0.4) is 0 Å². The third-order valence-electron chi connectivity index (χ3n) is 5.86. The van der Waals surface area contributed by atoms with Gasteiger partial charge >= 0.3 is 0 Å². The lowest BCUT2D eigenvalue weighted by molar-refractivity contribution is 0.0975. The monoisotopic (exact) mass is 431 g/mol. The Bertz CT molecular complexity index is 1060. The standard InChI is InChI=1S/C25H25N3O2S/c1-31-21-12-6-18(7-13-21)24-26-23-5-3-2-4-22(23)25(29)28(24)20-10-8-19(9-11-20)27-14-16-30-17-15-27/h2-13,24,26H,14-17H2,1H3. The summed E-state index contributed by atoms with van der Waals surface area (Å²) in [6.45, 7) is 3.28. The number of thioether (sulfide) groups is 1. The van der Waals surface area contributed by atoms with Gasteiger partial charge in [0.1, 0.15) is 6.17 Å². The van der Waals surface area contributed by atoms with Gasteiger partial charge in [-0.2, -0.15) is 0 Å². The second kappa shape index (κ2) is 8.65. The third-order valence-corrected chi connectivity index (χ3v) is 6.61. The zero-order valence-electron chi connectivity index (χ0n) is 17.5. The number of carbonyl (C=O) groups excluding carboxylic acids is 1. The minimum Gasteiger partial charge on any atom is -0.378 e. The topological polar surface area (TPSA) is 44.8 Å². The van der Waals surface area contributed by atoms with Gasteiger partial charge in [-0.15, -0.1) is 11.8 Å². The van der Waals surface area contributed by atoms with E-state index in [0.717, 1.165) is 48.9 Å². The summed E-state index contributed by atoms with van der Waals surface area (Å²) in [7, 11) is 0. The number of hydrogen-bond acceptors (Lipinski definition) is 5. The second-order valence-electron chi connectivity index (χ2n) is 7.66. The molecule has 1 amide bonds. The van der Waals surface area contributed by atoms with Gasteiger partial charge in [0.05, 0.1) is 18.8 Å². The molecule has 5 rings (SSSR count). The van der Waals surface area contributed by atoms with Crippen molar-refractivity contribution in [2.24, 2.45) is 0 Å². The zero-order chi connectivity index (χ0) is 21.2. The van der Waals surface area contributed by atoms with Gasteiger partial charge in [-0.1, -0.05) is 24.3 Å². The Morgan fingerprint density at radius 3 is 2.29 bits per heavy atom. The summed E-state index contributed by atoms with van der Waals surface area (Å²) in [6.07, 6.45) is 1.79. The predicted molar refractivity (Wildman–Crippen MR) is 127 cm³/mol. The molecular formula is C25H25N3O2S. The first kappa shape index (κ1) is 20.0. The number of morpholine rings is 1. The summed E-state index contributed by atoms with van der Waals surface area (Å²) in [5.74, 6) is 0.00687. The van der Waals surface area contributed by atoms with E-state index in [4.69, 9.17) is 4.74 Å². The molecule has 6 heteroatoms. The SMILES string of the molecule is CSc1ccc(C2Nc3ccccc3C(=O)N2c2ccc(N3CCOCC3)cc2)cc1. The van der Waals surface area contributed by atoms with Gasteiger partial charge in [-0.3, -0.25) is 9.69 Å². The molecule has 0 aliphatic carbocycles. The van der Waals surface area contributed by atoms with Crippen molar-refractivity contribution in [3.63, 3.8) is 0 Å². The minimum atomic E-state index is -0.271. The molecule has 2 aliphatic heterocycles. The predicted octanol–water partition coefficient (Wildman–Crippen LogP) is 5.02. The lowest BCUT2D eigenvalue weighted by atomic mass is 10.0. The number of amides is 1. The second-order valence-corrected chi connectivity index (χ2v) is 8.54. The van der Waals surface area contributed by atoms with Crippen molar-refractivity contribution in [1.29, 1.82) is 0 Å². The number of rotatable bonds is 4. The van der Waals surface area contributed by atoms with E-state index in [1.807, 2.05) is 41.3 Å². The van der Waals surface area contributed by atoms with Crippen LogP contribution in [-0.2, 0) is 4.74 Å². The first-order valence-electron chi connectivity index (χ1n) is 10.5. The number of ether oxygens (including phenoxy) is 1. The maximum atomic E-state index is 13.6. The first-order valence-corrected chi connectivity index (χ1v) is 11.7. The Labute approximate surface area is 187 Å². The Hall–Kier alpha value is -2.96. The molecule has 3 aromatic carbocycles. The molecule has 1 unspecified atom stereocenters. The first-order chi connectivity index (χ1) is 15.2. The number of hydrogen-bond donors (Lipinski definition) is 1. The van der Waals surface area contributed by atoms with Crippen molar-refractivity contribution >= 4 is 34.7 Å². The van der Waals surface area contributed by atoms with Crippen molar-refractivity contribution < 1.29 is 9.53 Å². The number of nitrogens with one attached hydrogen (secondary N) is 1. The van der Waals surface area contributed by atoms with Gasteiger partial charge in [0.25, 0.3) is 5.91 Å². The number of fused-ring (bicyclic) bond motifs is 1. The summed E-state index contributed by atoms with van der Waals surface area (Å²) in [4.78, 5) is 18.9. The summed E-state index contributed by atoms with van der Waals surface area (Å²) in [5, 5.41) is 3.58. The molecule has 0 bridgehead atoms. The highest BCUT2D eigenvalue weighted by atomic mass is 32.2. The van der Waals surface area contributed by atoms with E-state index in [2.05, 4.69) is 52.9 Å². The highest BCUT2D eigenvalue weighted by Gasteiger charge is 2.34. The number of nitrogens with zero attached hydrogens (tertiary/aromatic N) is 2. The maximum Gasteiger partial charge on any atom is 0.262 e. The summed E-state index contributed by atoms with van der Waals surface area (Å²) < 4.78 is 5.46. The Balaban J connectivity index is 1.52. The van der Waals surface area contributed by atoms with Crippen LogP contribution in [0, 0.1) is 0 Å². The van der Waals surface area contributed by atoms with Crippen LogP contribution in [0.1, 0.15) is 22.1 Å². The zero-order valence-corrected chi connectivity index (χ0v) is 18.3. The Morgan fingerprint density at radius 2 is 1.58 bits per heavy atom. The molecule has 158 valence electrons. The average Bonchev–Trinajstić information content (AvgIpc) is 2.85. The molecule has 0 saturated carbocycles. The van der Waals surface area contributed by atoms with Crippen molar-refractivity contribution in [1.82, 2.24) is 0 Å². The molecule has 0 radical (unpaired) electrons. The van der Waals surface area contributed by atoms with E-state index in [-0.39, 0.29) is 12.1 Å². The van der Waals surface area contributed by atoms with Crippen molar-refractivity contribution in [2.75, 3.05) is 47.7 Å². The Morgan fingerprint density at radius 1 is 0.903 bits per heavy atom. The molecular weight excluding hydrogens is 406 g/mol. The fourth-order valence-corrected chi connectivity index (χ4v) is 4.59. The fourth-order valence-electron chi connectivity index (χ4n) is 4.18. The molecule has 2 heterocycles. The lowest BCUT2D eigenvalue weighted by Crippen LogP contribution is -2.43. The molecule has 0 aromatic heterocycles. The summed E-state index contributed by atoms with van der Waals surface area (Å²) >= 11 is 1.71. The highest BCUT2D eigenvalue weighted by molar-refractivity contribution is 7.98. The van der Waals surface area contributed by atoms with Crippen LogP contribution in [-0.4, -0.2) is 38.5 Å². The molecule has 5 nitrogen and oxygen atoms in total. The van der Waals surface area contributed by atoms with Gasteiger partial charge < -0.3 is 15.0 Å². The average molecular weight is 432 g/mol. The molecule has 1 N–H and O–H groups in total. The molecule has 31 heavy (non-hydrogen) atoms. The van der Waals surface area contributed by atoms with Crippen LogP contribution in [0.5, 0.6) is 0 Å². The largest absolute Gasteiger partial charge is 0.378 e. The van der Waals surface area contributed by atoms with E-state index in [0.29, 0.717) is 5.56 Å². The smallest absolute Gasteiger partial charge is 0.262 e. The summed E-state index contributed by atoms with van der Waals surface area (Å²) in [6, 6.07) is 24.4. The maximum absolute atomic E-state index is 13.6. The van der Waals surface area contributed by atoms with E-state index in [1.165, 1.54) is 4.90 Å². The van der Waals surface area contributed by atoms with Crippen LogP contribution in [0.25, 0.3) is 0 Å². The van der Waals surface area contributed by atoms with Crippen LogP contribution in [0.2, 0.25) is 0 Å². The van der Waals surface area contributed by atoms with Gasteiger partial charge in [-0.25, -0.2) is 0 Å². The quantitative estimate of drug-likeness (QED) is 0.588. The van der Waals surface area contributed by atoms with Gasteiger partial charge in [-0.05, 0) is 60.4 Å². The van der Waals surface area contributed by atoms with E-state index >= 15 is 0 Å². The third kappa shape index (κ3) is 3.89. The van der Waals surface area contributed by atoms with Crippen LogP contribution in [0.4, 0.5) is 17.1 Å². The highest BCUT2D eigenvalue weighted by Crippen LogP contribution is 2.37. The van der Waals surface area contributed by atoms with Gasteiger partial charge in [0, 0.05) is 35.0 Å². The molecule has 1 atom stereocenters. The molecule has 2 aliphatic rings. The van der Waals surface area contributed by atoms with Crippen LogP contribution < -0.4 is 15.1 Å². The van der Waals surface area contributed by atoms with E-state index < -0.39 is 0 Å². The van der Waals surface area contributed by atoms with E-state index in [9.17, 15) is 4.79 Å². The molecule has 1 saturated heterocycles. The van der Waals surface area contributed by atoms with Gasteiger partial charge in [0.2, 0.25) is 0 Å². The Kier molecular flexibility index (Phi) is 5.57.